The van der Waals surface area contributed by atoms with E-state index in [1.807, 2.05) is 0 Å². The molecule has 0 N–H and O–H groups in total. The van der Waals surface area contributed by atoms with E-state index in [-0.39, 0.29) is 0 Å². The Hall–Kier alpha value is 4.29. The third-order valence-electron chi connectivity index (χ3n) is 10.1. The van der Waals surface area contributed by atoms with Gasteiger partial charge in [0, 0.05) is 41.2 Å². The van der Waals surface area contributed by atoms with Crippen LogP contribution in [0, 0.1) is 0 Å². The van der Waals surface area contributed by atoms with Gasteiger partial charge in [-0.3, -0.25) is 0 Å². The fourth-order valence-electron chi connectivity index (χ4n) is 7.58. The van der Waals surface area contributed by atoms with E-state index in [0.717, 1.165) is 22.6 Å². The molecule has 0 atom stereocenters. The van der Waals surface area contributed by atoms with Crippen molar-refractivity contribution in [1.29, 1.82) is 0 Å². The number of halogens is 4. The van der Waals surface area contributed by atoms with E-state index in [1.54, 1.807) is 51.4 Å². The van der Waals surface area contributed by atoms with Gasteiger partial charge in [-0.05, 0) is 103 Å². The maximum absolute atomic E-state index is 2.68. The molecule has 0 saturated heterocycles. The Bertz CT molecular complexity index is 468. The zero-order valence-electron chi connectivity index (χ0n) is 23.2. The molecule has 215 valence electrons. The van der Waals surface area contributed by atoms with Crippen molar-refractivity contribution in [3.8, 4) is 0 Å². The molecular formula is C28H56CoI4P2. The van der Waals surface area contributed by atoms with Gasteiger partial charge in [-0.2, -0.15) is 0 Å². The van der Waals surface area contributed by atoms with E-state index in [4.69, 9.17) is 0 Å². The third-order valence-corrected chi connectivity index (χ3v) is 19.7. The van der Waals surface area contributed by atoms with Gasteiger partial charge >= 0.3 is 81.4 Å². The summed E-state index contributed by atoms with van der Waals surface area (Å²) in [6, 6.07) is 0. The van der Waals surface area contributed by atoms with Crippen LogP contribution >= 0.6 is 96.2 Å². The zero-order valence-corrected chi connectivity index (χ0v) is 34.7. The van der Waals surface area contributed by atoms with Crippen LogP contribution in [-0.4, -0.2) is 49.3 Å². The molecular weight excluding hydrogens is 965 g/mol. The molecule has 4 aliphatic rings. The van der Waals surface area contributed by atoms with Gasteiger partial charge in [0.05, 0.1) is 22.6 Å². The number of hydrogen-bond donors (Lipinski definition) is 0. The van der Waals surface area contributed by atoms with Gasteiger partial charge in [0.2, 0.25) is 0 Å². The molecule has 0 amide bonds. The molecule has 0 heterocycles. The fraction of sp³-hybridized carbons (Fsp3) is 1.00. The molecule has 0 spiro atoms. The average molecular weight is 1020 g/mol. The first-order valence-corrected chi connectivity index (χ1v) is 33.7. The van der Waals surface area contributed by atoms with Crippen molar-refractivity contribution in [1.82, 2.24) is 0 Å². The molecule has 0 radical (unpaired) electrons. The fourth-order valence-corrected chi connectivity index (χ4v) is 15.6. The molecule has 0 aromatic carbocycles. The predicted octanol–water partition coefficient (Wildman–Crippen LogP) is 13.4. The summed E-state index contributed by atoms with van der Waals surface area (Å²) in [6.45, 7) is 10.7. The predicted molar refractivity (Wildman–Crippen MR) is 201 cm³/mol. The van der Waals surface area contributed by atoms with Crippen LogP contribution in [0.3, 0.4) is 0 Å². The summed E-state index contributed by atoms with van der Waals surface area (Å²) < 4.78 is -0.495. The summed E-state index contributed by atoms with van der Waals surface area (Å²) in [4.78, 5) is 0. The second kappa shape index (κ2) is 18.1. The van der Waals surface area contributed by atoms with E-state index < -0.39 is 14.3 Å². The van der Waals surface area contributed by atoms with Crippen molar-refractivity contribution < 1.29 is -0.254 Å². The third kappa shape index (κ3) is 13.9. The van der Waals surface area contributed by atoms with Crippen LogP contribution in [0.15, 0.2) is 0 Å². The SMILES string of the molecule is C[P+](C)(C1CCCCC1)C1CCCCC1.C[P+](C)(C1CCCCC1)C1CCCCC1.[I][Co-2]([I])([I])[I]. The Labute approximate surface area is 269 Å². The van der Waals surface area contributed by atoms with Crippen LogP contribution in [0.5, 0.6) is 0 Å². The van der Waals surface area contributed by atoms with Crippen molar-refractivity contribution >= 4 is 96.2 Å². The summed E-state index contributed by atoms with van der Waals surface area (Å²) in [5, 5.41) is 0. The van der Waals surface area contributed by atoms with Crippen LogP contribution in [-0.2, 0) is -0.254 Å². The standard InChI is InChI=1S/2C14H28P.Co.4HI/c2*1-15(2,13-9-5-3-6-10-13)14-11-7-4-8-12-14;;;;;/h2*13-14H,3-12H2,1-2H3;;4*1H/q2*+1;+2;;;;/p-4. The molecule has 0 aromatic rings. The van der Waals surface area contributed by atoms with Gasteiger partial charge in [-0.1, -0.05) is 25.7 Å². The van der Waals surface area contributed by atoms with Gasteiger partial charge in [0.1, 0.15) is 0 Å². The van der Waals surface area contributed by atoms with Crippen molar-refractivity contribution in [2.75, 3.05) is 26.7 Å². The van der Waals surface area contributed by atoms with Crippen molar-refractivity contribution in [3.05, 3.63) is 0 Å². The molecule has 4 saturated carbocycles. The van der Waals surface area contributed by atoms with Crippen molar-refractivity contribution in [3.63, 3.8) is 0 Å². The monoisotopic (exact) mass is 1020 g/mol. The van der Waals surface area contributed by atoms with Gasteiger partial charge in [0.15, 0.2) is 0 Å². The summed E-state index contributed by atoms with van der Waals surface area (Å²) in [5.74, 6) is 0. The minimum absolute atomic E-state index is 0.495. The molecule has 7 heteroatoms. The maximum atomic E-state index is 2.68. The van der Waals surface area contributed by atoms with Crippen LogP contribution < -0.4 is 0 Å². The Morgan fingerprint density at radius 3 is 0.657 bits per heavy atom. The molecule has 0 unspecified atom stereocenters. The molecule has 4 rings (SSSR count). The van der Waals surface area contributed by atoms with Gasteiger partial charge < -0.3 is 0 Å². The van der Waals surface area contributed by atoms with Crippen molar-refractivity contribution in [2.45, 2.75) is 151 Å². The zero-order chi connectivity index (χ0) is 26.0. The van der Waals surface area contributed by atoms with E-state index in [2.05, 4.69) is 108 Å². The molecule has 0 bridgehead atoms. The second-order valence-electron chi connectivity index (χ2n) is 12.7. The van der Waals surface area contributed by atoms with E-state index in [9.17, 15) is 0 Å². The van der Waals surface area contributed by atoms with E-state index >= 15 is 0 Å². The van der Waals surface area contributed by atoms with E-state index in [1.165, 1.54) is 77.0 Å². The molecule has 0 nitrogen and oxygen atoms in total. The number of hydrogen-bond acceptors (Lipinski definition) is 0. The topological polar surface area (TPSA) is 0 Å². The van der Waals surface area contributed by atoms with Crippen LogP contribution in [0.4, 0.5) is 0 Å². The van der Waals surface area contributed by atoms with E-state index in [0.29, 0.717) is 0 Å². The van der Waals surface area contributed by atoms with Gasteiger partial charge in [0.25, 0.3) is 0 Å². The number of rotatable bonds is 4. The van der Waals surface area contributed by atoms with Crippen LogP contribution in [0.1, 0.15) is 128 Å². The molecule has 0 aliphatic heterocycles. The second-order valence-corrected chi connectivity index (χ2v) is 74.9. The summed E-state index contributed by atoms with van der Waals surface area (Å²) >= 11 is 9.79. The normalized spacial score (nSPS) is 25.1. The van der Waals surface area contributed by atoms with Gasteiger partial charge in [-0.15, -0.1) is 0 Å². The van der Waals surface area contributed by atoms with Crippen molar-refractivity contribution in [2.24, 2.45) is 0 Å². The van der Waals surface area contributed by atoms with Crippen LogP contribution in [0.25, 0.3) is 0 Å². The summed E-state index contributed by atoms with van der Waals surface area (Å²) in [6.07, 6.45) is 30.8. The Kier molecular flexibility index (Phi) is 18.3. The Morgan fingerprint density at radius 1 is 0.371 bits per heavy atom. The minimum atomic E-state index is -0.593. The Morgan fingerprint density at radius 2 is 0.514 bits per heavy atom. The molecule has 35 heavy (non-hydrogen) atoms. The summed E-state index contributed by atoms with van der Waals surface area (Å²) in [5.41, 5.74) is 4.59. The summed E-state index contributed by atoms with van der Waals surface area (Å²) in [7, 11) is -1.19. The molecule has 4 fully saturated rings. The average Bonchev–Trinajstić information content (AvgIpc) is 2.86. The van der Waals surface area contributed by atoms with Gasteiger partial charge in [-0.25, -0.2) is 0 Å². The first kappa shape index (κ1) is 35.5. The first-order chi connectivity index (χ1) is 16.4. The quantitative estimate of drug-likeness (QED) is 0.194. The van der Waals surface area contributed by atoms with Crippen LogP contribution in [0.2, 0.25) is 0 Å². The molecule has 4 aliphatic carbocycles. The Balaban J connectivity index is 0.000000208. The molecule has 0 aromatic heterocycles. The first-order valence-electron chi connectivity index (χ1n) is 14.6.